The van der Waals surface area contributed by atoms with Crippen LogP contribution in [0.15, 0.2) is 67.3 Å². The molecule has 0 heterocycles. The predicted octanol–water partition coefficient (Wildman–Crippen LogP) is 9.27. The van der Waals surface area contributed by atoms with E-state index in [-0.39, 0.29) is 5.82 Å². The van der Waals surface area contributed by atoms with Crippen LogP contribution in [0.25, 0.3) is 11.1 Å². The lowest BCUT2D eigenvalue weighted by atomic mass is 9.63. The fraction of sp³-hybridized carbons (Fsp3) is 0.484. The Kier molecular flexibility index (Phi) is 8.00. The van der Waals surface area contributed by atoms with Gasteiger partial charge in [-0.05, 0) is 111 Å². The minimum atomic E-state index is -0.107. The summed E-state index contributed by atoms with van der Waals surface area (Å²) in [6.45, 7) is 5.92. The zero-order valence-corrected chi connectivity index (χ0v) is 19.7. The average molecular weight is 431 g/mol. The molecule has 4 rings (SSSR count). The molecule has 4 unspecified atom stereocenters. The van der Waals surface area contributed by atoms with Crippen molar-refractivity contribution in [1.82, 2.24) is 0 Å². The molecule has 0 amide bonds. The Labute approximate surface area is 194 Å². The Morgan fingerprint density at radius 1 is 0.938 bits per heavy atom. The topological polar surface area (TPSA) is 0 Å². The van der Waals surface area contributed by atoms with Crippen molar-refractivity contribution in [2.75, 3.05) is 0 Å². The van der Waals surface area contributed by atoms with Crippen LogP contribution in [0.2, 0.25) is 0 Å². The van der Waals surface area contributed by atoms with Crippen molar-refractivity contribution in [3.63, 3.8) is 0 Å². The molecule has 2 fully saturated rings. The summed E-state index contributed by atoms with van der Waals surface area (Å²) in [4.78, 5) is 0. The van der Waals surface area contributed by atoms with Gasteiger partial charge < -0.3 is 0 Å². The number of allylic oxidation sites excluding steroid dienone is 3. The lowest BCUT2D eigenvalue weighted by Crippen LogP contribution is -2.30. The minimum absolute atomic E-state index is 0.107. The Bertz CT molecular complexity index is 907. The predicted molar refractivity (Wildman–Crippen MR) is 135 cm³/mol. The first-order valence-corrected chi connectivity index (χ1v) is 12.8. The second-order valence-corrected chi connectivity index (χ2v) is 10.1. The van der Waals surface area contributed by atoms with E-state index >= 15 is 0 Å². The first-order valence-electron chi connectivity index (χ1n) is 12.8. The van der Waals surface area contributed by atoms with E-state index < -0.39 is 0 Å². The van der Waals surface area contributed by atoms with Gasteiger partial charge in [-0.3, -0.25) is 0 Å². The lowest BCUT2D eigenvalue weighted by Gasteiger charge is -2.42. The van der Waals surface area contributed by atoms with Crippen LogP contribution < -0.4 is 0 Å². The third kappa shape index (κ3) is 5.61. The molecule has 0 N–H and O–H groups in total. The highest BCUT2D eigenvalue weighted by molar-refractivity contribution is 5.65. The standard InChI is InChI=1S/C31H39F/c1-3-5-7-9-24-11-19-30(31(32)21-24)26-15-13-25(14-16-26)28-18-17-27-20-23(8-6-4-2)10-12-29(27)22-28/h3-5,11,13-16,19,21,23,27-29H,2,6-10,12,17-18,20,22H2,1H3/b5-3+. The molecule has 170 valence electrons. The fourth-order valence-electron chi connectivity index (χ4n) is 6.20. The van der Waals surface area contributed by atoms with Gasteiger partial charge in [-0.15, -0.1) is 6.58 Å². The van der Waals surface area contributed by atoms with E-state index in [1.807, 2.05) is 19.1 Å². The molecule has 32 heavy (non-hydrogen) atoms. The summed E-state index contributed by atoms with van der Waals surface area (Å²) in [5.41, 5.74) is 4.22. The number of hydrogen-bond acceptors (Lipinski definition) is 0. The quantitative estimate of drug-likeness (QED) is 0.366. The van der Waals surface area contributed by atoms with Crippen LogP contribution in [-0.2, 0) is 6.42 Å². The van der Waals surface area contributed by atoms with Crippen molar-refractivity contribution in [3.8, 4) is 11.1 Å². The summed E-state index contributed by atoms with van der Waals surface area (Å²) in [7, 11) is 0. The van der Waals surface area contributed by atoms with Gasteiger partial charge in [0.25, 0.3) is 0 Å². The van der Waals surface area contributed by atoms with Crippen LogP contribution >= 0.6 is 0 Å². The van der Waals surface area contributed by atoms with Gasteiger partial charge in [0.2, 0.25) is 0 Å². The molecule has 2 aliphatic rings. The van der Waals surface area contributed by atoms with Crippen LogP contribution in [0.3, 0.4) is 0 Å². The largest absolute Gasteiger partial charge is 0.206 e. The number of rotatable bonds is 8. The maximum absolute atomic E-state index is 14.8. The van der Waals surface area contributed by atoms with E-state index in [4.69, 9.17) is 0 Å². The highest BCUT2D eigenvalue weighted by atomic mass is 19.1. The monoisotopic (exact) mass is 430 g/mol. The summed E-state index contributed by atoms with van der Waals surface area (Å²) in [5, 5.41) is 0. The zero-order chi connectivity index (χ0) is 22.3. The van der Waals surface area contributed by atoms with Crippen LogP contribution in [0.5, 0.6) is 0 Å². The van der Waals surface area contributed by atoms with E-state index in [2.05, 4.69) is 49.1 Å². The molecule has 4 atom stereocenters. The van der Waals surface area contributed by atoms with E-state index in [1.165, 1.54) is 56.9 Å². The maximum atomic E-state index is 14.8. The summed E-state index contributed by atoms with van der Waals surface area (Å²) >= 11 is 0. The number of aryl methyl sites for hydroxylation is 1. The minimum Gasteiger partial charge on any atom is -0.206 e. The van der Waals surface area contributed by atoms with Gasteiger partial charge in [-0.25, -0.2) is 4.39 Å². The molecular weight excluding hydrogens is 391 g/mol. The highest BCUT2D eigenvalue weighted by Gasteiger charge is 2.35. The molecule has 2 aromatic rings. The van der Waals surface area contributed by atoms with Gasteiger partial charge in [-0.1, -0.05) is 61.0 Å². The number of benzene rings is 2. The van der Waals surface area contributed by atoms with Crippen LogP contribution in [-0.4, -0.2) is 0 Å². The lowest BCUT2D eigenvalue weighted by molar-refractivity contribution is 0.115. The summed E-state index contributed by atoms with van der Waals surface area (Å²) in [5.74, 6) is 3.34. The van der Waals surface area contributed by atoms with Crippen molar-refractivity contribution >= 4 is 0 Å². The molecular formula is C31H39F. The molecule has 0 nitrogen and oxygen atoms in total. The SMILES string of the molecule is C=CCCC1CCC2CC(c3ccc(-c4ccc(CC/C=C/C)cc4F)cc3)CCC2C1. The zero-order valence-electron chi connectivity index (χ0n) is 19.7. The normalized spacial score (nSPS) is 25.6. The number of fused-ring (bicyclic) bond motifs is 1. The van der Waals surface area contributed by atoms with Gasteiger partial charge in [0.05, 0.1) is 0 Å². The molecule has 0 aliphatic heterocycles. The third-order valence-electron chi connectivity index (χ3n) is 8.06. The highest BCUT2D eigenvalue weighted by Crippen LogP contribution is 2.48. The molecule has 0 radical (unpaired) electrons. The van der Waals surface area contributed by atoms with Crippen molar-refractivity contribution in [2.24, 2.45) is 17.8 Å². The van der Waals surface area contributed by atoms with E-state index in [0.717, 1.165) is 41.7 Å². The molecule has 2 saturated carbocycles. The molecule has 0 bridgehead atoms. The second-order valence-electron chi connectivity index (χ2n) is 10.1. The molecule has 2 aliphatic carbocycles. The summed E-state index contributed by atoms with van der Waals surface area (Å²) < 4.78 is 14.8. The molecule has 2 aromatic carbocycles. The fourth-order valence-corrected chi connectivity index (χ4v) is 6.20. The third-order valence-corrected chi connectivity index (χ3v) is 8.06. The van der Waals surface area contributed by atoms with Crippen LogP contribution in [0, 0.1) is 23.6 Å². The molecule has 0 aromatic heterocycles. The van der Waals surface area contributed by atoms with Gasteiger partial charge in [-0.2, -0.15) is 0 Å². The van der Waals surface area contributed by atoms with Gasteiger partial charge in [0.1, 0.15) is 5.82 Å². The number of hydrogen-bond donors (Lipinski definition) is 0. The summed E-state index contributed by atoms with van der Waals surface area (Å²) in [6.07, 6.45) is 18.9. The van der Waals surface area contributed by atoms with E-state index in [9.17, 15) is 4.39 Å². The van der Waals surface area contributed by atoms with Gasteiger partial charge in [0, 0.05) is 5.56 Å². The Hall–Kier alpha value is -2.15. The van der Waals surface area contributed by atoms with Crippen molar-refractivity contribution in [3.05, 3.63) is 84.2 Å². The molecule has 0 saturated heterocycles. The smallest absolute Gasteiger partial charge is 0.131 e. The maximum Gasteiger partial charge on any atom is 0.131 e. The summed E-state index contributed by atoms with van der Waals surface area (Å²) in [6, 6.07) is 14.5. The van der Waals surface area contributed by atoms with Crippen molar-refractivity contribution in [2.45, 2.75) is 77.0 Å². The first-order chi connectivity index (χ1) is 15.7. The second kappa shape index (κ2) is 11.1. The van der Waals surface area contributed by atoms with Crippen molar-refractivity contribution < 1.29 is 4.39 Å². The Morgan fingerprint density at radius 2 is 1.72 bits per heavy atom. The average Bonchev–Trinajstić information content (AvgIpc) is 2.83. The van der Waals surface area contributed by atoms with Gasteiger partial charge in [0.15, 0.2) is 0 Å². The first kappa shape index (κ1) is 23.0. The molecule has 1 heteroatoms. The van der Waals surface area contributed by atoms with E-state index in [1.54, 1.807) is 6.07 Å². The van der Waals surface area contributed by atoms with Crippen LogP contribution in [0.4, 0.5) is 4.39 Å². The Morgan fingerprint density at radius 3 is 2.47 bits per heavy atom. The Balaban J connectivity index is 1.37. The van der Waals surface area contributed by atoms with E-state index in [0.29, 0.717) is 11.5 Å². The molecule has 0 spiro atoms. The number of halogens is 1. The van der Waals surface area contributed by atoms with Gasteiger partial charge >= 0.3 is 0 Å². The van der Waals surface area contributed by atoms with Crippen molar-refractivity contribution in [1.29, 1.82) is 0 Å². The van der Waals surface area contributed by atoms with Crippen LogP contribution in [0.1, 0.15) is 81.8 Å².